The number of hydrogen-bond donors (Lipinski definition) is 2. The van der Waals surface area contributed by atoms with Gasteiger partial charge >= 0.3 is 0 Å². The van der Waals surface area contributed by atoms with Gasteiger partial charge < -0.3 is 10.1 Å². The number of carbonyl (C=O) groups excluding carboxylic acids is 2. The molecule has 34 heavy (non-hydrogen) atoms. The fourth-order valence-corrected chi connectivity index (χ4v) is 3.65. The Morgan fingerprint density at radius 2 is 1.88 bits per heavy atom. The number of nitrogens with zero attached hydrogens (tertiary/aromatic N) is 2. The number of hydrazone groups is 1. The van der Waals surface area contributed by atoms with Gasteiger partial charge in [0.25, 0.3) is 17.5 Å². The van der Waals surface area contributed by atoms with Gasteiger partial charge in [0, 0.05) is 16.7 Å². The first-order valence-electron chi connectivity index (χ1n) is 10.2. The van der Waals surface area contributed by atoms with Gasteiger partial charge in [-0.25, -0.2) is 5.43 Å². The van der Waals surface area contributed by atoms with Crippen molar-refractivity contribution in [2.45, 2.75) is 39.3 Å². The van der Waals surface area contributed by atoms with E-state index in [4.69, 9.17) is 27.9 Å². The third kappa shape index (κ3) is 8.27. The Balaban J connectivity index is 2.04. The Morgan fingerprint density at radius 1 is 1.18 bits per heavy atom. The number of nitro benzene ring substituents is 1. The van der Waals surface area contributed by atoms with Gasteiger partial charge in [0.05, 0.1) is 20.6 Å². The standard InChI is InChI=1S/C22H23BrCl2N4O5/c1-12(2)8-18(27-21(30)13(3)34-20-7-5-15(24)10-17(20)25)22(31)28-26-11-14-4-6-16(23)19(9-14)29(32)33/h4-7,9-13,18H,8H2,1-3H3,(H,27,30)(H,28,31)/b26-11-/t13-,18+/m0/s1. The van der Waals surface area contributed by atoms with Crippen LogP contribution in [0.25, 0.3) is 0 Å². The predicted octanol–water partition coefficient (Wildman–Crippen LogP) is 5.11. The number of nitro groups is 1. The number of rotatable bonds is 10. The maximum atomic E-state index is 12.7. The molecule has 12 heteroatoms. The Bertz CT molecular complexity index is 1100. The van der Waals surface area contributed by atoms with Crippen LogP contribution in [0.15, 0.2) is 46.0 Å². The molecule has 0 radical (unpaired) electrons. The minimum absolute atomic E-state index is 0.0936. The van der Waals surface area contributed by atoms with E-state index in [0.29, 0.717) is 21.5 Å². The third-order valence-corrected chi connectivity index (χ3v) is 5.66. The quantitative estimate of drug-likeness (QED) is 0.232. The van der Waals surface area contributed by atoms with Crippen LogP contribution < -0.4 is 15.5 Å². The van der Waals surface area contributed by atoms with Crippen molar-refractivity contribution >= 4 is 62.8 Å². The van der Waals surface area contributed by atoms with E-state index in [1.54, 1.807) is 18.2 Å². The Labute approximate surface area is 215 Å². The highest BCUT2D eigenvalue weighted by Crippen LogP contribution is 2.28. The summed E-state index contributed by atoms with van der Waals surface area (Å²) in [6.45, 7) is 5.34. The fraction of sp³-hybridized carbons (Fsp3) is 0.318. The van der Waals surface area contributed by atoms with Gasteiger partial charge in [-0.1, -0.05) is 43.1 Å². The van der Waals surface area contributed by atoms with Crippen molar-refractivity contribution in [3.8, 4) is 5.75 Å². The van der Waals surface area contributed by atoms with Crippen LogP contribution in [0.3, 0.4) is 0 Å². The second-order valence-corrected chi connectivity index (χ2v) is 9.43. The van der Waals surface area contributed by atoms with E-state index in [1.807, 2.05) is 13.8 Å². The number of ether oxygens (including phenoxy) is 1. The summed E-state index contributed by atoms with van der Waals surface area (Å²) in [4.78, 5) is 35.9. The van der Waals surface area contributed by atoms with E-state index in [-0.39, 0.29) is 22.4 Å². The van der Waals surface area contributed by atoms with Crippen molar-refractivity contribution in [2.75, 3.05) is 0 Å². The number of benzene rings is 2. The SMILES string of the molecule is CC(C)C[C@@H](NC(=O)[C@H](C)Oc1ccc(Cl)cc1Cl)C(=O)N/N=C\c1ccc(Br)c([N+](=O)[O-])c1. The second-order valence-electron chi connectivity index (χ2n) is 7.73. The third-order valence-electron chi connectivity index (χ3n) is 4.46. The smallest absolute Gasteiger partial charge is 0.284 e. The molecule has 2 aromatic rings. The van der Waals surface area contributed by atoms with Crippen LogP contribution in [0, 0.1) is 16.0 Å². The molecule has 0 aliphatic heterocycles. The van der Waals surface area contributed by atoms with E-state index < -0.39 is 28.9 Å². The number of nitrogens with one attached hydrogen (secondary N) is 2. The molecule has 0 spiro atoms. The van der Waals surface area contributed by atoms with Gasteiger partial charge in [-0.2, -0.15) is 5.10 Å². The minimum Gasteiger partial charge on any atom is -0.479 e. The molecule has 0 saturated carbocycles. The van der Waals surface area contributed by atoms with Crippen molar-refractivity contribution in [3.63, 3.8) is 0 Å². The van der Waals surface area contributed by atoms with Crippen LogP contribution in [-0.2, 0) is 9.59 Å². The average Bonchev–Trinajstić information content (AvgIpc) is 2.75. The summed E-state index contributed by atoms with van der Waals surface area (Å²) in [5, 5.41) is 18.3. The molecular weight excluding hydrogens is 551 g/mol. The summed E-state index contributed by atoms with van der Waals surface area (Å²) in [6, 6.07) is 8.17. The van der Waals surface area contributed by atoms with Gasteiger partial charge in [0.1, 0.15) is 11.8 Å². The highest BCUT2D eigenvalue weighted by molar-refractivity contribution is 9.10. The zero-order chi connectivity index (χ0) is 25.4. The first kappa shape index (κ1) is 27.6. The van der Waals surface area contributed by atoms with Crippen molar-refractivity contribution in [1.82, 2.24) is 10.7 Å². The van der Waals surface area contributed by atoms with Gasteiger partial charge in [0.15, 0.2) is 6.10 Å². The molecule has 0 bridgehead atoms. The van der Waals surface area contributed by atoms with Gasteiger partial charge in [-0.3, -0.25) is 19.7 Å². The summed E-state index contributed by atoms with van der Waals surface area (Å²) in [5.74, 6) is -0.677. The molecule has 0 aromatic heterocycles. The molecule has 0 aliphatic rings. The second kappa shape index (κ2) is 12.7. The predicted molar refractivity (Wildman–Crippen MR) is 134 cm³/mol. The number of carbonyl (C=O) groups is 2. The van der Waals surface area contributed by atoms with Crippen LogP contribution in [0.5, 0.6) is 5.75 Å². The molecule has 0 aliphatic carbocycles. The molecule has 2 rings (SSSR count). The van der Waals surface area contributed by atoms with Crippen LogP contribution >= 0.6 is 39.1 Å². The molecular formula is C22H23BrCl2N4O5. The lowest BCUT2D eigenvalue weighted by molar-refractivity contribution is -0.385. The Hall–Kier alpha value is -2.69. The molecule has 0 unspecified atom stereocenters. The lowest BCUT2D eigenvalue weighted by Gasteiger charge is -2.22. The molecule has 2 amide bonds. The monoisotopic (exact) mass is 572 g/mol. The van der Waals surface area contributed by atoms with Crippen molar-refractivity contribution in [1.29, 1.82) is 0 Å². The topological polar surface area (TPSA) is 123 Å². The molecule has 0 fully saturated rings. The van der Waals surface area contributed by atoms with Gasteiger partial charge in [-0.05, 0) is 59.5 Å². The molecule has 2 atom stereocenters. The highest BCUT2D eigenvalue weighted by atomic mass is 79.9. The molecule has 2 aromatic carbocycles. The van der Waals surface area contributed by atoms with E-state index in [0.717, 1.165) is 0 Å². The van der Waals surface area contributed by atoms with Crippen molar-refractivity contribution < 1.29 is 19.2 Å². The molecule has 0 heterocycles. The molecule has 2 N–H and O–H groups in total. The first-order valence-corrected chi connectivity index (χ1v) is 11.7. The number of halogens is 3. The van der Waals surface area contributed by atoms with Crippen LogP contribution in [-0.4, -0.2) is 35.1 Å². The molecule has 0 saturated heterocycles. The largest absolute Gasteiger partial charge is 0.479 e. The summed E-state index contributed by atoms with van der Waals surface area (Å²) in [7, 11) is 0. The maximum absolute atomic E-state index is 12.7. The Kier molecular flexibility index (Phi) is 10.3. The van der Waals surface area contributed by atoms with E-state index in [2.05, 4.69) is 31.8 Å². The minimum atomic E-state index is -0.937. The van der Waals surface area contributed by atoms with Gasteiger partial charge in [-0.15, -0.1) is 0 Å². The zero-order valence-corrected chi connectivity index (χ0v) is 21.6. The summed E-state index contributed by atoms with van der Waals surface area (Å²) < 4.78 is 5.93. The van der Waals surface area contributed by atoms with E-state index >= 15 is 0 Å². The van der Waals surface area contributed by atoms with Crippen molar-refractivity contribution in [3.05, 3.63) is 66.6 Å². The van der Waals surface area contributed by atoms with Crippen LogP contribution in [0.4, 0.5) is 5.69 Å². The first-order chi connectivity index (χ1) is 16.0. The maximum Gasteiger partial charge on any atom is 0.284 e. The fourth-order valence-electron chi connectivity index (χ4n) is 2.81. The zero-order valence-electron chi connectivity index (χ0n) is 18.6. The summed E-state index contributed by atoms with van der Waals surface area (Å²) >= 11 is 15.1. The normalized spacial score (nSPS) is 12.9. The van der Waals surface area contributed by atoms with Crippen LogP contribution in [0.1, 0.15) is 32.8 Å². The lowest BCUT2D eigenvalue weighted by Crippen LogP contribution is -2.49. The van der Waals surface area contributed by atoms with E-state index in [9.17, 15) is 19.7 Å². The highest BCUT2D eigenvalue weighted by Gasteiger charge is 2.25. The summed E-state index contributed by atoms with van der Waals surface area (Å²) in [6.07, 6.45) is 0.693. The average molecular weight is 574 g/mol. The van der Waals surface area contributed by atoms with Gasteiger partial charge in [0.2, 0.25) is 0 Å². The molecule has 9 nitrogen and oxygen atoms in total. The summed E-state index contributed by atoms with van der Waals surface area (Å²) in [5.41, 5.74) is 2.66. The van der Waals surface area contributed by atoms with Crippen molar-refractivity contribution in [2.24, 2.45) is 11.0 Å². The van der Waals surface area contributed by atoms with E-state index in [1.165, 1.54) is 31.3 Å². The Morgan fingerprint density at radius 3 is 2.50 bits per heavy atom. The van der Waals surface area contributed by atoms with Crippen LogP contribution in [0.2, 0.25) is 10.0 Å². The lowest BCUT2D eigenvalue weighted by atomic mass is 10.0. The number of amides is 2. The molecule has 182 valence electrons. The number of hydrogen-bond acceptors (Lipinski definition) is 6.